The van der Waals surface area contributed by atoms with Crippen LogP contribution in [0.1, 0.15) is 16.7 Å². The van der Waals surface area contributed by atoms with Crippen LogP contribution in [0.25, 0.3) is 22.6 Å². The molecule has 0 spiro atoms. The minimum Gasteiger partial charge on any atom is -0.507 e. The van der Waals surface area contributed by atoms with Gasteiger partial charge in [0.2, 0.25) is 0 Å². The molecule has 0 aliphatic rings. The fourth-order valence-electron chi connectivity index (χ4n) is 4.01. The van der Waals surface area contributed by atoms with Crippen molar-refractivity contribution in [1.29, 1.82) is 0 Å². The van der Waals surface area contributed by atoms with Crippen LogP contribution >= 0.6 is 11.8 Å². The van der Waals surface area contributed by atoms with Crippen molar-refractivity contribution in [2.75, 3.05) is 5.75 Å². The lowest BCUT2D eigenvalue weighted by Crippen LogP contribution is -2.21. The zero-order valence-corrected chi connectivity index (χ0v) is 23.5. The topological polar surface area (TPSA) is 105 Å². The molecule has 5 rings (SSSR count). The van der Waals surface area contributed by atoms with Gasteiger partial charge < -0.3 is 9.52 Å². The van der Waals surface area contributed by atoms with E-state index in [-0.39, 0.29) is 16.4 Å². The molecule has 7 nitrogen and oxygen atoms in total. The van der Waals surface area contributed by atoms with Gasteiger partial charge in [0.1, 0.15) is 11.4 Å². The molecule has 0 atom stereocenters. The molecule has 0 aliphatic carbocycles. The lowest BCUT2D eigenvalue weighted by Gasteiger charge is -2.10. The van der Waals surface area contributed by atoms with Gasteiger partial charge in [-0.25, -0.2) is 4.98 Å². The van der Waals surface area contributed by atoms with Crippen LogP contribution in [-0.2, 0) is 10.0 Å². The molecule has 1 aromatic heterocycles. The largest absolute Gasteiger partial charge is 0.507 e. The first kappa shape index (κ1) is 27.2. The number of oxazole rings is 1. The molecule has 0 aliphatic heterocycles. The predicted molar refractivity (Wildman–Crippen MR) is 159 cm³/mol. The molecule has 0 unspecified atom stereocenters. The average molecular weight is 570 g/mol. The molecule has 40 heavy (non-hydrogen) atoms. The molecule has 0 saturated heterocycles. The van der Waals surface area contributed by atoms with E-state index in [4.69, 9.17) is 9.40 Å². The molecule has 9 heteroatoms. The first-order chi connectivity index (χ1) is 19.3. The maximum atomic E-state index is 12.9. The zero-order valence-electron chi connectivity index (χ0n) is 21.9. The third-order valence-corrected chi connectivity index (χ3v) is 8.18. The van der Waals surface area contributed by atoms with E-state index >= 15 is 0 Å². The van der Waals surface area contributed by atoms with Crippen molar-refractivity contribution in [1.82, 2.24) is 9.82 Å². The number of hydrogen-bond acceptors (Lipinski definition) is 7. The van der Waals surface area contributed by atoms with E-state index in [2.05, 4.69) is 9.93 Å². The molecule has 5 aromatic rings. The number of rotatable bonds is 9. The molecular formula is C31H27N3O4S2. The Morgan fingerprint density at radius 1 is 0.875 bits per heavy atom. The van der Waals surface area contributed by atoms with Gasteiger partial charge in [0.25, 0.3) is 15.2 Å². The lowest BCUT2D eigenvalue weighted by atomic mass is 10.1. The monoisotopic (exact) mass is 569 g/mol. The second kappa shape index (κ2) is 11.8. The maximum Gasteiger partial charge on any atom is 0.276 e. The highest BCUT2D eigenvalue weighted by Crippen LogP contribution is 2.36. The summed E-state index contributed by atoms with van der Waals surface area (Å²) in [5.41, 5.74) is 5.03. The summed E-state index contributed by atoms with van der Waals surface area (Å²) >= 11 is 1.25. The van der Waals surface area contributed by atoms with Crippen molar-refractivity contribution in [3.05, 3.63) is 120 Å². The first-order valence-electron chi connectivity index (χ1n) is 12.5. The van der Waals surface area contributed by atoms with Crippen LogP contribution in [0.3, 0.4) is 0 Å². The van der Waals surface area contributed by atoms with Crippen LogP contribution in [0, 0.1) is 13.8 Å². The fourth-order valence-corrected chi connectivity index (χ4v) is 5.62. The van der Waals surface area contributed by atoms with Crippen molar-refractivity contribution >= 4 is 27.5 Å². The Kier molecular flexibility index (Phi) is 8.04. The molecule has 202 valence electrons. The average Bonchev–Trinajstić information content (AvgIpc) is 3.39. The van der Waals surface area contributed by atoms with E-state index in [1.165, 1.54) is 23.9 Å². The smallest absolute Gasteiger partial charge is 0.276 e. The van der Waals surface area contributed by atoms with Gasteiger partial charge in [0.15, 0.2) is 5.76 Å². The number of aromatic hydroxyl groups is 1. The minimum absolute atomic E-state index is 0.00348. The van der Waals surface area contributed by atoms with Gasteiger partial charge in [-0.05, 0) is 43.7 Å². The molecule has 1 heterocycles. The molecular weight excluding hydrogens is 542 g/mol. The number of nitrogens with one attached hydrogen (secondary N) is 1. The van der Waals surface area contributed by atoms with Gasteiger partial charge in [0.05, 0.1) is 10.6 Å². The summed E-state index contributed by atoms with van der Waals surface area (Å²) in [6.45, 7) is 3.74. The number of thioether (sulfide) groups is 1. The van der Waals surface area contributed by atoms with Crippen LogP contribution < -0.4 is 4.83 Å². The second-order valence-corrected chi connectivity index (χ2v) is 11.8. The first-order valence-corrected chi connectivity index (χ1v) is 15.0. The van der Waals surface area contributed by atoms with E-state index in [9.17, 15) is 13.5 Å². The minimum atomic E-state index is -3.93. The van der Waals surface area contributed by atoms with Gasteiger partial charge in [-0.2, -0.15) is 18.4 Å². The molecule has 4 aromatic carbocycles. The van der Waals surface area contributed by atoms with Crippen LogP contribution in [0.15, 0.2) is 123 Å². The zero-order chi connectivity index (χ0) is 28.1. The Labute approximate surface area is 237 Å². The summed E-state index contributed by atoms with van der Waals surface area (Å²) < 4.78 is 32.1. The highest BCUT2D eigenvalue weighted by molar-refractivity contribution is 7.99. The SMILES string of the molecule is Cc1ccc(S(=O)(=O)N/N=C(\CSc2nc(-c3ccccc3)c(-c3ccccc3)o2)c2ccc(C)cc2O)cc1. The highest BCUT2D eigenvalue weighted by atomic mass is 32.2. The van der Waals surface area contributed by atoms with Crippen LogP contribution in [0.4, 0.5) is 0 Å². The lowest BCUT2D eigenvalue weighted by molar-refractivity contribution is 0.466. The summed E-state index contributed by atoms with van der Waals surface area (Å²) in [4.78, 5) is 7.18. The number of aryl methyl sites for hydroxylation is 2. The van der Waals surface area contributed by atoms with Gasteiger partial charge in [-0.3, -0.25) is 0 Å². The van der Waals surface area contributed by atoms with Gasteiger partial charge in [-0.1, -0.05) is 96.2 Å². The van der Waals surface area contributed by atoms with E-state index in [0.717, 1.165) is 22.3 Å². The number of hydrogen-bond donors (Lipinski definition) is 2. The highest BCUT2D eigenvalue weighted by Gasteiger charge is 2.20. The molecule has 0 radical (unpaired) electrons. The Morgan fingerprint density at radius 2 is 1.50 bits per heavy atom. The van der Waals surface area contributed by atoms with Crippen molar-refractivity contribution < 1.29 is 17.9 Å². The summed E-state index contributed by atoms with van der Waals surface area (Å²) in [5, 5.41) is 15.3. The van der Waals surface area contributed by atoms with Gasteiger partial charge in [0, 0.05) is 22.4 Å². The standard InChI is InChI=1S/C31H27N3O4S2/c1-21-13-16-25(17-14-21)40(36,37)34-33-27(26-18-15-22(2)19-28(26)35)20-39-31-32-29(23-9-5-3-6-10-23)30(38-31)24-11-7-4-8-12-24/h3-19,34-35H,20H2,1-2H3/b33-27+. The summed E-state index contributed by atoms with van der Waals surface area (Å²) in [6, 6.07) is 31.1. The van der Waals surface area contributed by atoms with Crippen molar-refractivity contribution in [3.8, 4) is 28.3 Å². The number of phenolic OH excluding ortho intramolecular Hbond substituents is 1. The van der Waals surface area contributed by atoms with Crippen molar-refractivity contribution in [3.63, 3.8) is 0 Å². The number of benzene rings is 4. The number of phenols is 1. The molecule has 0 bridgehead atoms. The predicted octanol–water partition coefficient (Wildman–Crippen LogP) is 6.81. The summed E-state index contributed by atoms with van der Waals surface area (Å²) in [6.07, 6.45) is 0. The second-order valence-electron chi connectivity index (χ2n) is 9.17. The Hall–Kier alpha value is -4.34. The van der Waals surface area contributed by atoms with Crippen LogP contribution in [0.2, 0.25) is 0 Å². The Bertz CT molecular complexity index is 1690. The van der Waals surface area contributed by atoms with E-state index in [0.29, 0.717) is 28.0 Å². The van der Waals surface area contributed by atoms with Crippen molar-refractivity contribution in [2.45, 2.75) is 24.0 Å². The number of sulfonamides is 1. The van der Waals surface area contributed by atoms with E-state index < -0.39 is 10.0 Å². The number of nitrogens with zero attached hydrogens (tertiary/aromatic N) is 2. The molecule has 0 saturated carbocycles. The Morgan fingerprint density at radius 3 is 2.15 bits per heavy atom. The molecule has 2 N–H and O–H groups in total. The van der Waals surface area contributed by atoms with E-state index in [1.54, 1.807) is 24.3 Å². The summed E-state index contributed by atoms with van der Waals surface area (Å²) in [7, 11) is -3.93. The normalized spacial score (nSPS) is 11.9. The fraction of sp³-hybridized carbons (Fsp3) is 0.0968. The van der Waals surface area contributed by atoms with Crippen LogP contribution in [-0.4, -0.2) is 30.0 Å². The third kappa shape index (κ3) is 6.27. The van der Waals surface area contributed by atoms with Crippen LogP contribution in [0.5, 0.6) is 5.75 Å². The molecule has 0 fully saturated rings. The van der Waals surface area contributed by atoms with Crippen molar-refractivity contribution in [2.24, 2.45) is 5.10 Å². The third-order valence-electron chi connectivity index (χ3n) is 6.12. The molecule has 0 amide bonds. The summed E-state index contributed by atoms with van der Waals surface area (Å²) in [5.74, 6) is 0.804. The Balaban J connectivity index is 1.48. The van der Waals surface area contributed by atoms with Gasteiger partial charge in [-0.15, -0.1) is 0 Å². The number of hydrazone groups is 1. The van der Waals surface area contributed by atoms with Gasteiger partial charge >= 0.3 is 0 Å². The quantitative estimate of drug-likeness (QED) is 0.115. The number of aromatic nitrogens is 1. The van der Waals surface area contributed by atoms with E-state index in [1.807, 2.05) is 80.6 Å². The maximum absolute atomic E-state index is 12.9.